The normalized spacial score (nSPS) is 11.9. The van der Waals surface area contributed by atoms with E-state index in [2.05, 4.69) is 77.3 Å². The molecule has 0 aliphatic carbocycles. The fraction of sp³-hybridized carbons (Fsp3) is 0.725. The second-order valence-corrected chi connectivity index (χ2v) is 16.0. The summed E-state index contributed by atoms with van der Waals surface area (Å²) in [7, 11) is 0. The highest BCUT2D eigenvalue weighted by molar-refractivity contribution is 5.54. The molecule has 1 aromatic rings. The highest BCUT2D eigenvalue weighted by Crippen LogP contribution is 2.40. The minimum Gasteiger partial charge on any atom is -0.490 e. The molecule has 0 aliphatic rings. The van der Waals surface area contributed by atoms with Gasteiger partial charge in [0.1, 0.15) is 6.54 Å². The second-order valence-electron chi connectivity index (χ2n) is 16.0. The zero-order valence-corrected chi connectivity index (χ0v) is 37.0. The molecule has 0 bridgehead atoms. The van der Waals surface area contributed by atoms with Crippen molar-refractivity contribution in [3.05, 3.63) is 67.3 Å². The Hall–Kier alpha value is -2.46. The van der Waals surface area contributed by atoms with Crippen LogP contribution in [0.1, 0.15) is 200 Å². The van der Waals surface area contributed by atoms with Crippen LogP contribution in [0.25, 0.3) is 0 Å². The highest BCUT2D eigenvalue weighted by atomic mass is 16.5. The number of quaternary nitrogens is 1. The first kappa shape index (κ1) is 50.6. The third-order valence-corrected chi connectivity index (χ3v) is 11.4. The molecule has 0 spiro atoms. The van der Waals surface area contributed by atoms with Gasteiger partial charge in [0.05, 0.1) is 39.5 Å². The van der Waals surface area contributed by atoms with Crippen LogP contribution in [0.2, 0.25) is 0 Å². The number of hydrogen-bond acceptors (Lipinski definition) is 3. The summed E-state index contributed by atoms with van der Waals surface area (Å²) in [6, 6.07) is 4.55. The number of unbranched alkanes of at least 4 members (excludes halogenated alkanes) is 23. The molecule has 0 saturated heterocycles. The minimum absolute atomic E-state index is 0.715. The third-order valence-electron chi connectivity index (χ3n) is 11.4. The third kappa shape index (κ3) is 26.9. The topological polar surface area (TPSA) is 27.7 Å². The Morgan fingerprint density at radius 2 is 0.800 bits per heavy atom. The van der Waals surface area contributed by atoms with Gasteiger partial charge in [-0.25, -0.2) is 0 Å². The van der Waals surface area contributed by atoms with E-state index in [4.69, 9.17) is 14.2 Å². The Kier molecular flexibility index (Phi) is 34.1. The number of rotatable bonds is 41. The van der Waals surface area contributed by atoms with Crippen molar-refractivity contribution in [2.75, 3.05) is 39.5 Å². The van der Waals surface area contributed by atoms with E-state index in [0.29, 0.717) is 6.61 Å². The Morgan fingerprint density at radius 3 is 1.16 bits per heavy atom. The predicted octanol–water partition coefficient (Wildman–Crippen LogP) is 15.8. The molecule has 4 nitrogen and oxygen atoms in total. The van der Waals surface area contributed by atoms with Crippen LogP contribution in [0.5, 0.6) is 17.2 Å². The van der Waals surface area contributed by atoms with Gasteiger partial charge in [-0.2, -0.15) is 0 Å². The molecule has 1 rings (SSSR count). The van der Waals surface area contributed by atoms with E-state index < -0.39 is 0 Å². The van der Waals surface area contributed by atoms with Gasteiger partial charge in [-0.15, -0.1) is 0 Å². The average Bonchev–Trinajstić information content (AvgIpc) is 3.20. The van der Waals surface area contributed by atoms with Gasteiger partial charge in [-0.1, -0.05) is 179 Å². The molecule has 0 fully saturated rings. The van der Waals surface area contributed by atoms with Crippen molar-refractivity contribution < 1.29 is 18.7 Å². The van der Waals surface area contributed by atoms with E-state index in [9.17, 15) is 0 Å². The molecule has 0 radical (unpaired) electrons. The van der Waals surface area contributed by atoms with Crippen molar-refractivity contribution >= 4 is 0 Å². The maximum absolute atomic E-state index is 6.65. The summed E-state index contributed by atoms with van der Waals surface area (Å²) < 4.78 is 21.0. The summed E-state index contributed by atoms with van der Waals surface area (Å²) in [6.45, 7) is 23.3. The number of benzene rings is 1. The smallest absolute Gasteiger partial charge is 0.203 e. The van der Waals surface area contributed by atoms with Crippen molar-refractivity contribution in [2.24, 2.45) is 0 Å². The summed E-state index contributed by atoms with van der Waals surface area (Å²) in [4.78, 5) is 0. The summed E-state index contributed by atoms with van der Waals surface area (Å²) in [6.07, 6.45) is 45.5. The van der Waals surface area contributed by atoms with Gasteiger partial charge in [-0.05, 0) is 77.8 Å². The minimum atomic E-state index is 0.715. The summed E-state index contributed by atoms with van der Waals surface area (Å²) in [5, 5.41) is 0. The highest BCUT2D eigenvalue weighted by Gasteiger charge is 2.24. The molecule has 55 heavy (non-hydrogen) atoms. The molecule has 0 N–H and O–H groups in total. The molecular formula is C51H90NO3+. The first-order valence-corrected chi connectivity index (χ1v) is 23.5. The summed E-state index contributed by atoms with van der Waals surface area (Å²) >= 11 is 0. The fourth-order valence-electron chi connectivity index (χ4n) is 7.48. The maximum Gasteiger partial charge on any atom is 0.203 e. The lowest BCUT2D eigenvalue weighted by Gasteiger charge is -2.36. The van der Waals surface area contributed by atoms with Crippen LogP contribution >= 0.6 is 0 Å². The van der Waals surface area contributed by atoms with Crippen LogP contribution in [0.4, 0.5) is 0 Å². The monoisotopic (exact) mass is 765 g/mol. The molecular weight excluding hydrogens is 675 g/mol. The SMILES string of the molecule is C=C/C=C\CCCCCCCCOc1cc(C[N+](CC)(CC)CC)cc(OCCCCCCCC/C=C/C=C)c1OCCCCCCCCCCCCCC. The van der Waals surface area contributed by atoms with Gasteiger partial charge in [0.2, 0.25) is 5.75 Å². The fourth-order valence-corrected chi connectivity index (χ4v) is 7.48. The molecule has 0 heterocycles. The zero-order chi connectivity index (χ0) is 39.9. The standard InChI is InChI=1S/C51H90NO3/c1-7-13-16-19-22-25-28-29-32-35-38-41-44-55-51-49(53-42-39-36-33-30-26-23-20-17-14-8-2)45-48(47-52(10-4,11-5)12-6)46-50(51)54-43-40-37-34-31-27-24-21-18-15-9-3/h8-9,14-15,17-18,45-46H,2-3,7,10-13,16,19-44,47H2,1,4-6H3/q+1/b17-14-,18-15+. The van der Waals surface area contributed by atoms with Crippen molar-refractivity contribution in [1.29, 1.82) is 0 Å². The Balaban J connectivity index is 2.88. The van der Waals surface area contributed by atoms with E-state index in [1.54, 1.807) is 0 Å². The quantitative estimate of drug-likeness (QED) is 0.0378. The van der Waals surface area contributed by atoms with Crippen molar-refractivity contribution in [3.63, 3.8) is 0 Å². The molecule has 0 saturated carbocycles. The molecule has 0 atom stereocenters. The van der Waals surface area contributed by atoms with Gasteiger partial charge < -0.3 is 18.7 Å². The van der Waals surface area contributed by atoms with Crippen LogP contribution in [-0.4, -0.2) is 43.9 Å². The molecule has 4 heteroatoms. The van der Waals surface area contributed by atoms with Crippen LogP contribution in [0, 0.1) is 0 Å². The van der Waals surface area contributed by atoms with E-state index >= 15 is 0 Å². The average molecular weight is 765 g/mol. The van der Waals surface area contributed by atoms with Crippen LogP contribution in [0.3, 0.4) is 0 Å². The van der Waals surface area contributed by atoms with Crippen molar-refractivity contribution in [1.82, 2.24) is 0 Å². The van der Waals surface area contributed by atoms with Gasteiger partial charge in [-0.3, -0.25) is 0 Å². The molecule has 0 aromatic heterocycles. The Bertz CT molecular complexity index is 1020. The van der Waals surface area contributed by atoms with Gasteiger partial charge in [0.15, 0.2) is 11.5 Å². The number of nitrogens with zero attached hydrogens (tertiary/aromatic N) is 1. The zero-order valence-electron chi connectivity index (χ0n) is 37.0. The van der Waals surface area contributed by atoms with E-state index in [1.807, 2.05) is 12.2 Å². The Labute approximate surface area is 342 Å². The van der Waals surface area contributed by atoms with Gasteiger partial charge in [0.25, 0.3) is 0 Å². The molecule has 316 valence electrons. The summed E-state index contributed by atoms with van der Waals surface area (Å²) in [5.74, 6) is 2.59. The lowest BCUT2D eigenvalue weighted by molar-refractivity contribution is -0.936. The first-order chi connectivity index (χ1) is 27.1. The van der Waals surface area contributed by atoms with Crippen LogP contribution in [0.15, 0.2) is 61.7 Å². The van der Waals surface area contributed by atoms with E-state index in [-0.39, 0.29) is 0 Å². The van der Waals surface area contributed by atoms with Gasteiger partial charge in [0, 0.05) is 5.56 Å². The maximum atomic E-state index is 6.65. The molecule has 0 unspecified atom stereocenters. The molecule has 0 amide bonds. The lowest BCUT2D eigenvalue weighted by Crippen LogP contribution is -2.46. The van der Waals surface area contributed by atoms with Crippen LogP contribution in [-0.2, 0) is 6.54 Å². The lowest BCUT2D eigenvalue weighted by atomic mass is 10.1. The largest absolute Gasteiger partial charge is 0.490 e. The second kappa shape index (κ2) is 37.1. The predicted molar refractivity (Wildman–Crippen MR) is 243 cm³/mol. The van der Waals surface area contributed by atoms with Crippen molar-refractivity contribution in [2.45, 2.75) is 201 Å². The van der Waals surface area contributed by atoms with Crippen molar-refractivity contribution in [3.8, 4) is 17.2 Å². The van der Waals surface area contributed by atoms with Crippen LogP contribution < -0.4 is 14.2 Å². The Morgan fingerprint density at radius 1 is 0.455 bits per heavy atom. The first-order valence-electron chi connectivity index (χ1n) is 23.5. The number of ether oxygens (including phenoxy) is 3. The van der Waals surface area contributed by atoms with Gasteiger partial charge >= 0.3 is 0 Å². The van der Waals surface area contributed by atoms with E-state index in [1.165, 1.54) is 140 Å². The number of allylic oxidation sites excluding steroid dienone is 6. The van der Waals surface area contributed by atoms with E-state index in [0.717, 1.165) is 93.2 Å². The summed E-state index contributed by atoms with van der Waals surface area (Å²) in [5.41, 5.74) is 1.30. The number of hydrogen-bond donors (Lipinski definition) is 0. The molecule has 0 aliphatic heterocycles. The molecule has 1 aromatic carbocycles.